The van der Waals surface area contributed by atoms with Crippen molar-refractivity contribution in [1.82, 2.24) is 0 Å². The van der Waals surface area contributed by atoms with Crippen molar-refractivity contribution >= 4 is 6.16 Å². The van der Waals surface area contributed by atoms with E-state index in [4.69, 9.17) is 5.11 Å². The van der Waals surface area contributed by atoms with E-state index in [0.717, 1.165) is 0 Å². The Kier molecular flexibility index (Phi) is 6.80. The maximum Gasteiger partial charge on any atom is 0.511 e. The van der Waals surface area contributed by atoms with Crippen LogP contribution in [0.2, 0.25) is 0 Å². The van der Waals surface area contributed by atoms with Crippen molar-refractivity contribution in [3.05, 3.63) is 66.2 Å². The highest BCUT2D eigenvalue weighted by Crippen LogP contribution is 2.07. The summed E-state index contributed by atoms with van der Waals surface area (Å²) in [5, 5.41) is 8.14. The second-order valence-electron chi connectivity index (χ2n) is 3.92. The SMILES string of the molecule is CCCc1ccccc1.O=C(O)Oc1ccccc1. The smallest absolute Gasteiger partial charge is 0.449 e. The molecule has 0 aliphatic rings. The first-order valence-electron chi connectivity index (χ1n) is 6.22. The van der Waals surface area contributed by atoms with Crippen molar-refractivity contribution in [1.29, 1.82) is 0 Å². The van der Waals surface area contributed by atoms with Crippen molar-refractivity contribution in [3.63, 3.8) is 0 Å². The summed E-state index contributed by atoms with van der Waals surface area (Å²) in [4.78, 5) is 9.95. The molecule has 2 aromatic rings. The minimum absolute atomic E-state index is 0.343. The molecule has 100 valence electrons. The van der Waals surface area contributed by atoms with Gasteiger partial charge in [-0.25, -0.2) is 4.79 Å². The first-order chi connectivity index (χ1) is 9.22. The molecule has 0 bridgehead atoms. The Morgan fingerprint density at radius 2 is 1.53 bits per heavy atom. The summed E-state index contributed by atoms with van der Waals surface area (Å²) in [6.07, 6.45) is 1.16. The molecule has 0 fully saturated rings. The topological polar surface area (TPSA) is 46.5 Å². The fraction of sp³-hybridized carbons (Fsp3) is 0.188. The first-order valence-corrected chi connectivity index (χ1v) is 6.22. The third-order valence-corrected chi connectivity index (χ3v) is 2.33. The molecule has 0 aliphatic heterocycles. The average Bonchev–Trinajstić information content (AvgIpc) is 2.41. The van der Waals surface area contributed by atoms with Crippen molar-refractivity contribution in [2.24, 2.45) is 0 Å². The maximum absolute atomic E-state index is 9.95. The third kappa shape index (κ3) is 6.88. The molecule has 0 saturated heterocycles. The summed E-state index contributed by atoms with van der Waals surface area (Å²) in [5.41, 5.74) is 1.44. The Bertz CT molecular complexity index is 466. The van der Waals surface area contributed by atoms with Gasteiger partial charge in [-0.2, -0.15) is 0 Å². The fourth-order valence-corrected chi connectivity index (χ4v) is 1.52. The van der Waals surface area contributed by atoms with E-state index in [1.165, 1.54) is 18.4 Å². The fourth-order valence-electron chi connectivity index (χ4n) is 1.52. The second kappa shape index (κ2) is 8.75. The average molecular weight is 258 g/mol. The lowest BCUT2D eigenvalue weighted by molar-refractivity contribution is 0.144. The van der Waals surface area contributed by atoms with Crippen LogP contribution in [0.15, 0.2) is 60.7 Å². The maximum atomic E-state index is 9.95. The standard InChI is InChI=1S/C9H12.C7H6O3/c1-2-6-9-7-4-3-5-8-9;8-7(9)10-6-4-2-1-3-5-6/h3-5,7-8H,2,6H2,1H3;1-5H,(H,8,9). The van der Waals surface area contributed by atoms with Crippen LogP contribution in [0.25, 0.3) is 0 Å². The molecule has 0 heterocycles. The van der Waals surface area contributed by atoms with Crippen LogP contribution in [-0.2, 0) is 6.42 Å². The van der Waals surface area contributed by atoms with Crippen LogP contribution in [0.4, 0.5) is 4.79 Å². The number of para-hydroxylation sites is 1. The first kappa shape index (κ1) is 14.8. The Labute approximate surface area is 113 Å². The molecule has 3 heteroatoms. The number of hydrogen-bond donors (Lipinski definition) is 1. The van der Waals surface area contributed by atoms with Crippen LogP contribution in [0, 0.1) is 0 Å². The van der Waals surface area contributed by atoms with E-state index in [-0.39, 0.29) is 0 Å². The van der Waals surface area contributed by atoms with Crippen LogP contribution < -0.4 is 4.74 Å². The van der Waals surface area contributed by atoms with E-state index in [1.54, 1.807) is 30.3 Å². The van der Waals surface area contributed by atoms with E-state index in [0.29, 0.717) is 5.75 Å². The van der Waals surface area contributed by atoms with Gasteiger partial charge in [-0.15, -0.1) is 0 Å². The number of rotatable bonds is 3. The number of carbonyl (C=O) groups is 1. The highest BCUT2D eigenvalue weighted by Gasteiger charge is 1.96. The lowest BCUT2D eigenvalue weighted by Crippen LogP contribution is -2.02. The van der Waals surface area contributed by atoms with E-state index in [1.807, 2.05) is 0 Å². The quantitative estimate of drug-likeness (QED) is 0.656. The lowest BCUT2D eigenvalue weighted by Gasteiger charge is -1.95. The van der Waals surface area contributed by atoms with Gasteiger partial charge in [-0.3, -0.25) is 0 Å². The Balaban J connectivity index is 0.000000191. The number of aryl methyl sites for hydroxylation is 1. The van der Waals surface area contributed by atoms with Crippen molar-refractivity contribution < 1.29 is 14.6 Å². The van der Waals surface area contributed by atoms with Gasteiger partial charge in [0.1, 0.15) is 5.75 Å². The predicted molar refractivity (Wildman–Crippen MR) is 75.5 cm³/mol. The van der Waals surface area contributed by atoms with Gasteiger partial charge in [0.2, 0.25) is 0 Å². The van der Waals surface area contributed by atoms with Crippen molar-refractivity contribution in [3.8, 4) is 5.75 Å². The van der Waals surface area contributed by atoms with Gasteiger partial charge in [0.15, 0.2) is 0 Å². The Morgan fingerprint density at radius 3 is 2.00 bits per heavy atom. The van der Waals surface area contributed by atoms with Gasteiger partial charge in [0.05, 0.1) is 0 Å². The summed E-state index contributed by atoms with van der Waals surface area (Å²) in [6, 6.07) is 18.9. The minimum atomic E-state index is -1.29. The number of ether oxygens (including phenoxy) is 1. The molecular weight excluding hydrogens is 240 g/mol. The largest absolute Gasteiger partial charge is 0.511 e. The molecule has 0 radical (unpaired) electrons. The molecule has 2 aromatic carbocycles. The molecule has 0 saturated carbocycles. The molecular formula is C16H18O3. The lowest BCUT2D eigenvalue weighted by atomic mass is 10.1. The molecule has 1 N–H and O–H groups in total. The molecule has 0 amide bonds. The molecule has 2 rings (SSSR count). The second-order valence-corrected chi connectivity index (χ2v) is 3.92. The minimum Gasteiger partial charge on any atom is -0.449 e. The Morgan fingerprint density at radius 1 is 1.00 bits per heavy atom. The Hall–Kier alpha value is -2.29. The highest BCUT2D eigenvalue weighted by molar-refractivity contribution is 5.60. The van der Waals surface area contributed by atoms with Gasteiger partial charge < -0.3 is 9.84 Å². The van der Waals surface area contributed by atoms with Gasteiger partial charge in [-0.1, -0.05) is 61.9 Å². The monoisotopic (exact) mass is 258 g/mol. The van der Waals surface area contributed by atoms with Crippen LogP contribution >= 0.6 is 0 Å². The van der Waals surface area contributed by atoms with Crippen LogP contribution in [0.3, 0.4) is 0 Å². The zero-order chi connectivity index (χ0) is 13.9. The van der Waals surface area contributed by atoms with E-state index in [9.17, 15) is 4.79 Å². The molecule has 3 nitrogen and oxygen atoms in total. The summed E-state index contributed by atoms with van der Waals surface area (Å²) >= 11 is 0. The molecule has 0 aromatic heterocycles. The predicted octanol–water partition coefficient (Wildman–Crippen LogP) is 4.38. The summed E-state index contributed by atoms with van der Waals surface area (Å²) in [6.45, 7) is 2.20. The zero-order valence-electron chi connectivity index (χ0n) is 11.0. The molecule has 0 atom stereocenters. The van der Waals surface area contributed by atoms with Crippen molar-refractivity contribution in [2.45, 2.75) is 19.8 Å². The number of hydrogen-bond acceptors (Lipinski definition) is 2. The number of carboxylic acid groups (broad SMARTS) is 1. The van der Waals surface area contributed by atoms with Gasteiger partial charge in [-0.05, 0) is 24.1 Å². The van der Waals surface area contributed by atoms with E-state index < -0.39 is 6.16 Å². The van der Waals surface area contributed by atoms with Crippen LogP contribution in [0.1, 0.15) is 18.9 Å². The van der Waals surface area contributed by atoms with E-state index >= 15 is 0 Å². The highest BCUT2D eigenvalue weighted by atomic mass is 16.7. The summed E-state index contributed by atoms with van der Waals surface area (Å²) < 4.78 is 4.33. The molecule has 19 heavy (non-hydrogen) atoms. The van der Waals surface area contributed by atoms with Gasteiger partial charge in [0.25, 0.3) is 0 Å². The third-order valence-electron chi connectivity index (χ3n) is 2.33. The normalized spacial score (nSPS) is 9.11. The molecule has 0 unspecified atom stereocenters. The molecule has 0 spiro atoms. The number of benzene rings is 2. The van der Waals surface area contributed by atoms with Crippen molar-refractivity contribution in [2.75, 3.05) is 0 Å². The molecule has 0 aliphatic carbocycles. The van der Waals surface area contributed by atoms with Gasteiger partial charge in [0, 0.05) is 0 Å². The van der Waals surface area contributed by atoms with Crippen LogP contribution in [0.5, 0.6) is 5.75 Å². The van der Waals surface area contributed by atoms with Crippen LogP contribution in [-0.4, -0.2) is 11.3 Å². The summed E-state index contributed by atoms with van der Waals surface area (Å²) in [5.74, 6) is 0.343. The van der Waals surface area contributed by atoms with Gasteiger partial charge >= 0.3 is 6.16 Å². The zero-order valence-corrected chi connectivity index (χ0v) is 11.0. The van der Waals surface area contributed by atoms with E-state index in [2.05, 4.69) is 42.0 Å². The summed E-state index contributed by atoms with van der Waals surface area (Å²) in [7, 11) is 0.